The molecule has 14 heteroatoms. The number of carbonyl (C=O) groups is 2. The van der Waals surface area contributed by atoms with Crippen LogP contribution in [0.2, 0.25) is 0 Å². The van der Waals surface area contributed by atoms with Gasteiger partial charge in [-0.1, -0.05) is 231 Å². The highest BCUT2D eigenvalue weighted by atomic mass is 31.2. The monoisotopic (exact) mass is 1000 g/mol. The van der Waals surface area contributed by atoms with Crippen LogP contribution < -0.4 is 0 Å². The number of allylic oxidation sites excluding steroid dienone is 2. The number of phosphoric acid groups is 1. The Morgan fingerprint density at radius 3 is 1.10 bits per heavy atom. The fourth-order valence-corrected chi connectivity index (χ4v) is 10.0. The van der Waals surface area contributed by atoms with Crippen molar-refractivity contribution in [2.24, 2.45) is 0 Å². The van der Waals surface area contributed by atoms with E-state index in [-0.39, 0.29) is 12.8 Å². The van der Waals surface area contributed by atoms with Crippen molar-refractivity contribution < 1.29 is 63.1 Å². The normalized spacial score (nSPS) is 20.9. The van der Waals surface area contributed by atoms with Crippen LogP contribution in [0.25, 0.3) is 0 Å². The molecule has 0 aromatic carbocycles. The molecule has 0 amide bonds. The van der Waals surface area contributed by atoms with Crippen LogP contribution in [0.15, 0.2) is 12.2 Å². The highest BCUT2D eigenvalue weighted by Crippen LogP contribution is 2.47. The van der Waals surface area contributed by atoms with Crippen LogP contribution in [0.1, 0.15) is 271 Å². The number of phosphoric ester groups is 1. The second-order valence-corrected chi connectivity index (χ2v) is 21.6. The van der Waals surface area contributed by atoms with Gasteiger partial charge in [-0.05, 0) is 38.5 Å². The molecule has 0 aromatic rings. The number of unbranched alkanes of at least 4 members (excludes halogenated alkanes) is 35. The molecule has 0 heterocycles. The average molecular weight is 1010 g/mol. The number of aliphatic hydroxyl groups is 5. The lowest BCUT2D eigenvalue weighted by atomic mass is 9.85. The van der Waals surface area contributed by atoms with Crippen LogP contribution in [0.3, 0.4) is 0 Å². The van der Waals surface area contributed by atoms with E-state index < -0.39 is 75.7 Å². The van der Waals surface area contributed by atoms with Gasteiger partial charge in [-0.2, -0.15) is 0 Å². The van der Waals surface area contributed by atoms with Crippen LogP contribution >= 0.6 is 7.82 Å². The smallest absolute Gasteiger partial charge is 0.462 e. The van der Waals surface area contributed by atoms with Gasteiger partial charge in [-0.15, -0.1) is 0 Å². The molecule has 1 rings (SSSR count). The second kappa shape index (κ2) is 45.2. The molecule has 6 unspecified atom stereocenters. The third-order valence-corrected chi connectivity index (χ3v) is 14.6. The Labute approximate surface area is 420 Å². The van der Waals surface area contributed by atoms with Crippen LogP contribution in [0, 0.1) is 0 Å². The molecule has 0 spiro atoms. The van der Waals surface area contributed by atoms with E-state index in [1.807, 2.05) is 0 Å². The predicted octanol–water partition coefficient (Wildman–Crippen LogP) is 13.0. The van der Waals surface area contributed by atoms with Crippen molar-refractivity contribution in [2.45, 2.75) is 313 Å². The van der Waals surface area contributed by atoms with Crippen molar-refractivity contribution in [2.75, 3.05) is 13.2 Å². The Bertz CT molecular complexity index is 1250. The number of esters is 2. The third-order valence-electron chi connectivity index (χ3n) is 13.6. The van der Waals surface area contributed by atoms with Gasteiger partial charge < -0.3 is 39.9 Å². The Balaban J connectivity index is 2.33. The van der Waals surface area contributed by atoms with Crippen LogP contribution in [-0.4, -0.2) is 98.3 Å². The van der Waals surface area contributed by atoms with Gasteiger partial charge in [0.15, 0.2) is 6.10 Å². The topological polar surface area (TPSA) is 210 Å². The summed E-state index contributed by atoms with van der Waals surface area (Å²) < 4.78 is 33.7. The average Bonchev–Trinajstić information content (AvgIpc) is 3.33. The summed E-state index contributed by atoms with van der Waals surface area (Å²) in [7, 11) is -5.12. The van der Waals surface area contributed by atoms with Crippen LogP contribution in [-0.2, 0) is 32.7 Å². The van der Waals surface area contributed by atoms with Gasteiger partial charge in [0, 0.05) is 12.8 Å². The highest BCUT2D eigenvalue weighted by molar-refractivity contribution is 7.47. The van der Waals surface area contributed by atoms with Gasteiger partial charge in [0.2, 0.25) is 0 Å². The molecule has 1 saturated carbocycles. The molecule has 1 aliphatic carbocycles. The predicted molar refractivity (Wildman–Crippen MR) is 277 cm³/mol. The minimum absolute atomic E-state index is 0.101. The molecular weight excluding hydrogens is 900 g/mol. The van der Waals surface area contributed by atoms with E-state index in [0.717, 1.165) is 44.9 Å². The number of hydrogen-bond donors (Lipinski definition) is 6. The van der Waals surface area contributed by atoms with Crippen molar-refractivity contribution in [3.05, 3.63) is 12.2 Å². The van der Waals surface area contributed by atoms with Gasteiger partial charge >= 0.3 is 19.8 Å². The second-order valence-electron chi connectivity index (χ2n) is 20.2. The fourth-order valence-electron chi connectivity index (χ4n) is 9.05. The molecule has 6 atom stereocenters. The molecule has 1 fully saturated rings. The highest BCUT2D eigenvalue weighted by Gasteiger charge is 2.51. The molecule has 6 N–H and O–H groups in total. The summed E-state index contributed by atoms with van der Waals surface area (Å²) in [5, 5.41) is 50.4. The third kappa shape index (κ3) is 37.1. The summed E-state index contributed by atoms with van der Waals surface area (Å²) in [6.45, 7) is 3.36. The molecular formula is C55H105O13P. The van der Waals surface area contributed by atoms with E-state index in [4.69, 9.17) is 18.5 Å². The van der Waals surface area contributed by atoms with Gasteiger partial charge in [0.25, 0.3) is 0 Å². The van der Waals surface area contributed by atoms with Crippen molar-refractivity contribution in [3.8, 4) is 0 Å². The van der Waals surface area contributed by atoms with Crippen molar-refractivity contribution in [1.29, 1.82) is 0 Å². The standard InChI is InChI=1S/C55H105O13P/c1-3-5-7-9-11-13-15-17-19-21-22-23-24-25-26-28-30-32-34-36-38-40-42-44-49(57)67-47(46-66-69(63,64)68-55-53(61)51(59)50(58)52(60)54(55)62)45-65-48(56)43-41-39-37-35-33-31-29-27-20-18-16-14-12-10-8-6-4-2/h21-22,47,50-55,58-62H,3-20,23-46H2,1-2H3,(H,63,64)/b22-21-. The van der Waals surface area contributed by atoms with E-state index in [9.17, 15) is 44.6 Å². The molecule has 69 heavy (non-hydrogen) atoms. The number of aliphatic hydroxyl groups excluding tert-OH is 5. The zero-order valence-electron chi connectivity index (χ0n) is 43.9. The Kier molecular flexibility index (Phi) is 43.0. The minimum Gasteiger partial charge on any atom is -0.462 e. The SMILES string of the molecule is CCCCCCCCCC/C=C\CCCCCCCCCCCCCC(=O)OC(COC(=O)CCCCCCCCCCCCCCCCCCC)COP(=O)(O)OC1C(O)C(O)C(O)C(O)C1O. The molecule has 0 aromatic heterocycles. The Morgan fingerprint density at radius 1 is 0.435 bits per heavy atom. The maximum atomic E-state index is 12.9. The summed E-state index contributed by atoms with van der Waals surface area (Å²) in [6.07, 6.45) is 38.3. The molecule has 1 aliphatic rings. The molecule has 0 bridgehead atoms. The first-order chi connectivity index (χ1) is 33.4. The summed E-state index contributed by atoms with van der Waals surface area (Å²) in [4.78, 5) is 35.9. The van der Waals surface area contributed by atoms with E-state index in [0.29, 0.717) is 12.8 Å². The molecule has 13 nitrogen and oxygen atoms in total. The largest absolute Gasteiger partial charge is 0.472 e. The zero-order valence-corrected chi connectivity index (χ0v) is 44.8. The summed E-state index contributed by atoms with van der Waals surface area (Å²) in [5.74, 6) is -1.08. The first-order valence-corrected chi connectivity index (χ1v) is 30.0. The minimum atomic E-state index is -5.12. The summed E-state index contributed by atoms with van der Waals surface area (Å²) in [6, 6.07) is 0. The fraction of sp³-hybridized carbons (Fsp3) is 0.927. The van der Waals surface area contributed by atoms with Crippen LogP contribution in [0.5, 0.6) is 0 Å². The number of rotatable bonds is 49. The Hall–Kier alpha value is -1.41. The van der Waals surface area contributed by atoms with E-state index in [2.05, 4.69) is 26.0 Å². The maximum Gasteiger partial charge on any atom is 0.472 e. The van der Waals surface area contributed by atoms with Crippen LogP contribution in [0.4, 0.5) is 0 Å². The summed E-state index contributed by atoms with van der Waals surface area (Å²) in [5.41, 5.74) is 0. The van der Waals surface area contributed by atoms with Gasteiger partial charge in [0.05, 0.1) is 6.61 Å². The number of ether oxygens (including phenoxy) is 2. The van der Waals surface area contributed by atoms with Crippen molar-refractivity contribution in [3.63, 3.8) is 0 Å². The van der Waals surface area contributed by atoms with Gasteiger partial charge in [-0.3, -0.25) is 18.6 Å². The summed E-state index contributed by atoms with van der Waals surface area (Å²) >= 11 is 0. The lowest BCUT2D eigenvalue weighted by molar-refractivity contribution is -0.220. The van der Waals surface area contributed by atoms with Crippen molar-refractivity contribution >= 4 is 19.8 Å². The Morgan fingerprint density at radius 2 is 0.739 bits per heavy atom. The first kappa shape index (κ1) is 65.6. The maximum absolute atomic E-state index is 12.9. The number of hydrogen-bond acceptors (Lipinski definition) is 12. The van der Waals surface area contributed by atoms with Crippen molar-refractivity contribution in [1.82, 2.24) is 0 Å². The quantitative estimate of drug-likeness (QED) is 0.0145. The van der Waals surface area contributed by atoms with E-state index in [1.165, 1.54) is 186 Å². The lowest BCUT2D eigenvalue weighted by Gasteiger charge is -2.41. The molecule has 0 saturated heterocycles. The first-order valence-electron chi connectivity index (χ1n) is 28.5. The number of carbonyl (C=O) groups excluding carboxylic acids is 2. The molecule has 0 aliphatic heterocycles. The van der Waals surface area contributed by atoms with Gasteiger partial charge in [0.1, 0.15) is 43.2 Å². The van der Waals surface area contributed by atoms with E-state index >= 15 is 0 Å². The zero-order chi connectivity index (χ0) is 50.6. The molecule has 408 valence electrons. The van der Waals surface area contributed by atoms with Gasteiger partial charge in [-0.25, -0.2) is 4.57 Å². The van der Waals surface area contributed by atoms with E-state index in [1.54, 1.807) is 0 Å². The molecule has 0 radical (unpaired) electrons. The lowest BCUT2D eigenvalue weighted by Crippen LogP contribution is -2.64.